The maximum atomic E-state index is 12.8. The summed E-state index contributed by atoms with van der Waals surface area (Å²) in [6.45, 7) is 0.834. The lowest BCUT2D eigenvalue weighted by Crippen LogP contribution is -2.25. The van der Waals surface area contributed by atoms with Gasteiger partial charge in [0.05, 0.1) is 0 Å². The van der Waals surface area contributed by atoms with Crippen LogP contribution >= 0.6 is 0 Å². The molecule has 0 bridgehead atoms. The standard InChI is InChI=1S/C18H18FNO3/c19-15-5-1-13(2-6-15)4-8-18(21)20-10-9-14-3-7-16-17(11-14)23-12-22-16/h1-3,5-7,11H,4,8-10,12H2,(H,20,21). The molecule has 0 aromatic heterocycles. The summed E-state index contributed by atoms with van der Waals surface area (Å²) in [5.41, 5.74) is 2.05. The van der Waals surface area contributed by atoms with Gasteiger partial charge in [-0.05, 0) is 48.2 Å². The molecule has 23 heavy (non-hydrogen) atoms. The largest absolute Gasteiger partial charge is 0.454 e. The highest BCUT2D eigenvalue weighted by molar-refractivity contribution is 5.76. The van der Waals surface area contributed by atoms with Crippen molar-refractivity contribution in [3.8, 4) is 11.5 Å². The van der Waals surface area contributed by atoms with Crippen LogP contribution < -0.4 is 14.8 Å². The van der Waals surface area contributed by atoms with Gasteiger partial charge in [0.2, 0.25) is 12.7 Å². The second-order valence-corrected chi connectivity index (χ2v) is 5.41. The summed E-state index contributed by atoms with van der Waals surface area (Å²) >= 11 is 0. The molecule has 0 saturated carbocycles. The zero-order valence-corrected chi connectivity index (χ0v) is 12.7. The molecule has 4 nitrogen and oxygen atoms in total. The number of halogens is 1. The number of benzene rings is 2. The van der Waals surface area contributed by atoms with Crippen molar-refractivity contribution in [1.29, 1.82) is 0 Å². The van der Waals surface area contributed by atoms with Crippen LogP contribution in [0.4, 0.5) is 4.39 Å². The fourth-order valence-electron chi connectivity index (χ4n) is 2.44. The summed E-state index contributed by atoms with van der Waals surface area (Å²) in [5.74, 6) is 1.25. The summed E-state index contributed by atoms with van der Waals surface area (Å²) < 4.78 is 23.4. The Morgan fingerprint density at radius 1 is 1.00 bits per heavy atom. The minimum atomic E-state index is -0.262. The van der Waals surface area contributed by atoms with Crippen LogP contribution in [0.25, 0.3) is 0 Å². The lowest BCUT2D eigenvalue weighted by atomic mass is 10.1. The van der Waals surface area contributed by atoms with Crippen molar-refractivity contribution in [3.63, 3.8) is 0 Å². The number of carbonyl (C=O) groups is 1. The lowest BCUT2D eigenvalue weighted by molar-refractivity contribution is -0.121. The number of amides is 1. The van der Waals surface area contributed by atoms with E-state index in [2.05, 4.69) is 5.32 Å². The SMILES string of the molecule is O=C(CCc1ccc(F)cc1)NCCc1ccc2c(c1)OCO2. The van der Waals surface area contributed by atoms with Crippen molar-refractivity contribution < 1.29 is 18.7 Å². The third-order valence-corrected chi connectivity index (χ3v) is 3.73. The first kappa shape index (κ1) is 15.3. The molecular weight excluding hydrogens is 297 g/mol. The summed E-state index contributed by atoms with van der Waals surface area (Å²) in [4.78, 5) is 11.8. The zero-order valence-electron chi connectivity index (χ0n) is 12.7. The van der Waals surface area contributed by atoms with Gasteiger partial charge in [-0.3, -0.25) is 4.79 Å². The molecule has 1 N–H and O–H groups in total. The minimum absolute atomic E-state index is 0.00457. The van der Waals surface area contributed by atoms with Gasteiger partial charge >= 0.3 is 0 Å². The summed E-state index contributed by atoms with van der Waals surface area (Å²) in [5, 5.41) is 2.90. The van der Waals surface area contributed by atoms with E-state index in [9.17, 15) is 9.18 Å². The van der Waals surface area contributed by atoms with E-state index in [1.54, 1.807) is 12.1 Å². The van der Waals surface area contributed by atoms with Gasteiger partial charge in [0.25, 0.3) is 0 Å². The van der Waals surface area contributed by atoms with Gasteiger partial charge in [0.1, 0.15) is 5.82 Å². The topological polar surface area (TPSA) is 47.6 Å². The summed E-state index contributed by atoms with van der Waals surface area (Å²) in [7, 11) is 0. The van der Waals surface area contributed by atoms with Crippen molar-refractivity contribution in [2.45, 2.75) is 19.3 Å². The average Bonchev–Trinajstić information content (AvgIpc) is 3.02. The molecule has 0 fully saturated rings. The van der Waals surface area contributed by atoms with Crippen LogP contribution in [0.2, 0.25) is 0 Å². The molecule has 2 aromatic carbocycles. The molecule has 0 atom stereocenters. The van der Waals surface area contributed by atoms with Crippen molar-refractivity contribution in [2.75, 3.05) is 13.3 Å². The zero-order chi connectivity index (χ0) is 16.1. The van der Waals surface area contributed by atoms with Gasteiger partial charge in [-0.1, -0.05) is 18.2 Å². The molecule has 0 saturated heterocycles. The Labute approximate surface area is 134 Å². The highest BCUT2D eigenvalue weighted by atomic mass is 19.1. The van der Waals surface area contributed by atoms with Gasteiger partial charge in [-0.25, -0.2) is 4.39 Å². The molecule has 1 amide bonds. The van der Waals surface area contributed by atoms with Crippen molar-refractivity contribution in [2.24, 2.45) is 0 Å². The maximum absolute atomic E-state index is 12.8. The molecule has 0 spiro atoms. The van der Waals surface area contributed by atoms with E-state index < -0.39 is 0 Å². The van der Waals surface area contributed by atoms with E-state index in [4.69, 9.17) is 9.47 Å². The Morgan fingerprint density at radius 2 is 1.74 bits per heavy atom. The monoisotopic (exact) mass is 315 g/mol. The minimum Gasteiger partial charge on any atom is -0.454 e. The highest BCUT2D eigenvalue weighted by Crippen LogP contribution is 2.32. The van der Waals surface area contributed by atoms with Crippen LogP contribution in [0, 0.1) is 5.82 Å². The molecule has 0 unspecified atom stereocenters. The number of carbonyl (C=O) groups excluding carboxylic acids is 1. The molecule has 1 aliphatic rings. The lowest BCUT2D eigenvalue weighted by Gasteiger charge is -2.06. The molecule has 0 radical (unpaired) electrons. The molecule has 5 heteroatoms. The number of hydrogen-bond donors (Lipinski definition) is 1. The third-order valence-electron chi connectivity index (χ3n) is 3.73. The van der Waals surface area contributed by atoms with Crippen LogP contribution in [-0.4, -0.2) is 19.2 Å². The summed E-state index contributed by atoms with van der Waals surface area (Å²) in [6, 6.07) is 12.0. The number of hydrogen-bond acceptors (Lipinski definition) is 3. The van der Waals surface area contributed by atoms with Crippen molar-refractivity contribution >= 4 is 5.91 Å². The molecule has 120 valence electrons. The van der Waals surface area contributed by atoms with E-state index >= 15 is 0 Å². The van der Waals surface area contributed by atoms with E-state index in [1.165, 1.54) is 12.1 Å². The summed E-state index contributed by atoms with van der Waals surface area (Å²) in [6.07, 6.45) is 1.74. The molecule has 1 aliphatic heterocycles. The van der Waals surface area contributed by atoms with Crippen molar-refractivity contribution in [3.05, 3.63) is 59.4 Å². The number of nitrogens with one attached hydrogen (secondary N) is 1. The first-order valence-corrected chi connectivity index (χ1v) is 7.60. The van der Waals surface area contributed by atoms with E-state index in [-0.39, 0.29) is 18.5 Å². The Kier molecular flexibility index (Phi) is 4.76. The molecule has 1 heterocycles. The Hall–Kier alpha value is -2.56. The third kappa shape index (κ3) is 4.22. The van der Waals surface area contributed by atoms with Gasteiger partial charge < -0.3 is 14.8 Å². The Morgan fingerprint density at radius 3 is 2.57 bits per heavy atom. The number of aryl methyl sites for hydroxylation is 1. The van der Waals surface area contributed by atoms with Crippen LogP contribution in [0.15, 0.2) is 42.5 Å². The number of rotatable bonds is 6. The van der Waals surface area contributed by atoms with E-state index in [1.807, 2.05) is 18.2 Å². The molecule has 2 aromatic rings. The van der Waals surface area contributed by atoms with Gasteiger partial charge in [0.15, 0.2) is 11.5 Å². The second kappa shape index (κ2) is 7.13. The molecule has 0 aliphatic carbocycles. The molecular formula is C18H18FNO3. The fraction of sp³-hybridized carbons (Fsp3) is 0.278. The first-order valence-electron chi connectivity index (χ1n) is 7.60. The van der Waals surface area contributed by atoms with E-state index in [0.717, 1.165) is 29.0 Å². The van der Waals surface area contributed by atoms with Gasteiger partial charge in [-0.2, -0.15) is 0 Å². The van der Waals surface area contributed by atoms with Gasteiger partial charge in [0, 0.05) is 13.0 Å². The van der Waals surface area contributed by atoms with Gasteiger partial charge in [-0.15, -0.1) is 0 Å². The smallest absolute Gasteiger partial charge is 0.231 e. The highest BCUT2D eigenvalue weighted by Gasteiger charge is 2.13. The van der Waals surface area contributed by atoms with Crippen LogP contribution in [0.5, 0.6) is 11.5 Å². The van der Waals surface area contributed by atoms with E-state index in [0.29, 0.717) is 19.4 Å². The number of ether oxygens (including phenoxy) is 2. The predicted molar refractivity (Wildman–Crippen MR) is 84.0 cm³/mol. The fourth-order valence-corrected chi connectivity index (χ4v) is 2.44. The Bertz CT molecular complexity index is 685. The first-order chi connectivity index (χ1) is 11.2. The van der Waals surface area contributed by atoms with Crippen LogP contribution in [0.3, 0.4) is 0 Å². The quantitative estimate of drug-likeness (QED) is 0.892. The Balaban J connectivity index is 1.40. The maximum Gasteiger partial charge on any atom is 0.231 e. The normalized spacial score (nSPS) is 12.2. The molecule has 3 rings (SSSR count). The average molecular weight is 315 g/mol. The second-order valence-electron chi connectivity index (χ2n) is 5.41. The predicted octanol–water partition coefficient (Wildman–Crippen LogP) is 2.85. The van der Waals surface area contributed by atoms with Crippen molar-refractivity contribution in [1.82, 2.24) is 5.32 Å². The van der Waals surface area contributed by atoms with Crippen LogP contribution in [-0.2, 0) is 17.6 Å². The van der Waals surface area contributed by atoms with Crippen LogP contribution in [0.1, 0.15) is 17.5 Å². The number of fused-ring (bicyclic) bond motifs is 1.